The maximum atomic E-state index is 13.5. The van der Waals surface area contributed by atoms with Crippen molar-refractivity contribution in [1.82, 2.24) is 14.0 Å². The highest BCUT2D eigenvalue weighted by atomic mass is 79.9. The smallest absolute Gasteiger partial charge is 0.283 e. The van der Waals surface area contributed by atoms with Crippen molar-refractivity contribution < 1.29 is 0 Å². The predicted molar refractivity (Wildman–Crippen MR) is 158 cm³/mol. The molecule has 9 heteroatoms. The number of para-hydroxylation sites is 1. The molecule has 0 bridgehead atoms. The van der Waals surface area contributed by atoms with Crippen LogP contribution in [0.3, 0.4) is 0 Å². The minimum absolute atomic E-state index is 0.176. The molecular weight excluding hydrogens is 566 g/mol. The summed E-state index contributed by atoms with van der Waals surface area (Å²) in [5, 5.41) is 6.83. The Bertz CT molecular complexity index is 1710. The average molecular weight is 591 g/mol. The van der Waals surface area contributed by atoms with E-state index in [0.717, 1.165) is 32.7 Å². The number of halogens is 1. The molecule has 0 radical (unpaired) electrons. The normalized spacial score (nSPS) is 12.1. The molecule has 0 saturated heterocycles. The molecule has 0 saturated carbocycles. The Hall–Kier alpha value is -3.40. The third-order valence-corrected chi connectivity index (χ3v) is 8.26. The molecule has 2 heterocycles. The third-order valence-electron chi connectivity index (χ3n) is 6.00. The monoisotopic (exact) mass is 589 g/mol. The zero-order valence-electron chi connectivity index (χ0n) is 20.5. The van der Waals surface area contributed by atoms with Gasteiger partial charge in [0.2, 0.25) is 4.80 Å². The summed E-state index contributed by atoms with van der Waals surface area (Å²) in [5.74, 6) is 0. The van der Waals surface area contributed by atoms with Crippen molar-refractivity contribution in [2.24, 2.45) is 17.1 Å². The van der Waals surface area contributed by atoms with E-state index in [1.54, 1.807) is 21.1 Å². The Labute approximate surface area is 231 Å². The summed E-state index contributed by atoms with van der Waals surface area (Å²) in [6.45, 7) is 1.91. The van der Waals surface area contributed by atoms with E-state index in [4.69, 9.17) is 10.1 Å². The molecule has 0 amide bonds. The molecule has 5 aromatic rings. The molecule has 0 fully saturated rings. The van der Waals surface area contributed by atoms with Crippen LogP contribution in [0.15, 0.2) is 108 Å². The van der Waals surface area contributed by atoms with Crippen LogP contribution in [-0.2, 0) is 7.05 Å². The summed E-state index contributed by atoms with van der Waals surface area (Å²) in [5.41, 5.74) is 4.62. The molecule has 2 aromatic heterocycles. The van der Waals surface area contributed by atoms with E-state index in [0.29, 0.717) is 10.5 Å². The number of nitrogens with zero attached hydrogens (tertiary/aromatic N) is 5. The van der Waals surface area contributed by atoms with E-state index in [1.807, 2.05) is 97.0 Å². The fraction of sp³-hybridized carbons (Fsp3) is 0.107. The van der Waals surface area contributed by atoms with Crippen LogP contribution < -0.4 is 10.4 Å². The minimum Gasteiger partial charge on any atom is -0.283 e. The first kappa shape index (κ1) is 25.3. The number of thioether (sulfide) groups is 1. The highest BCUT2D eigenvalue weighted by Gasteiger charge is 2.17. The zero-order chi connectivity index (χ0) is 25.9. The summed E-state index contributed by atoms with van der Waals surface area (Å²) in [4.78, 5) is 20.1. The molecule has 6 nitrogen and oxygen atoms in total. The van der Waals surface area contributed by atoms with Gasteiger partial charge in [0.1, 0.15) is 0 Å². The van der Waals surface area contributed by atoms with Crippen molar-refractivity contribution in [3.63, 3.8) is 0 Å². The molecule has 0 unspecified atom stereocenters. The summed E-state index contributed by atoms with van der Waals surface area (Å²) < 4.78 is 6.22. The Morgan fingerprint density at radius 1 is 0.973 bits per heavy atom. The molecule has 0 aliphatic heterocycles. The van der Waals surface area contributed by atoms with Crippen LogP contribution in [-0.4, -0.2) is 26.5 Å². The standard InChI is InChI=1S/C28H24BrN5OS2/c1-19-26(27(35)34(32(19)2)21-9-5-4-6-10-21)31-28-33(30-17-20-13-15-22(36-3)16-14-20)25(18-37-28)23-11-7-8-12-24(23)29/h4-18H,1-3H3. The van der Waals surface area contributed by atoms with Crippen molar-refractivity contribution in [2.75, 3.05) is 6.26 Å². The van der Waals surface area contributed by atoms with Gasteiger partial charge in [-0.3, -0.25) is 9.48 Å². The van der Waals surface area contributed by atoms with Crippen LogP contribution in [0.5, 0.6) is 0 Å². The summed E-state index contributed by atoms with van der Waals surface area (Å²) in [6, 6.07) is 25.8. The summed E-state index contributed by atoms with van der Waals surface area (Å²) in [6.07, 6.45) is 3.87. The topological polar surface area (TPSA) is 56.6 Å². The van der Waals surface area contributed by atoms with Crippen molar-refractivity contribution in [3.05, 3.63) is 115 Å². The van der Waals surface area contributed by atoms with Crippen LogP contribution in [0.4, 0.5) is 5.69 Å². The van der Waals surface area contributed by atoms with Gasteiger partial charge in [-0.25, -0.2) is 14.4 Å². The van der Waals surface area contributed by atoms with E-state index in [2.05, 4.69) is 34.3 Å². The second-order valence-electron chi connectivity index (χ2n) is 8.23. The van der Waals surface area contributed by atoms with Gasteiger partial charge in [0.15, 0.2) is 5.69 Å². The van der Waals surface area contributed by atoms with Gasteiger partial charge in [0.05, 0.1) is 23.3 Å². The summed E-state index contributed by atoms with van der Waals surface area (Å²) in [7, 11) is 1.87. The Balaban J connectivity index is 1.68. The Kier molecular flexibility index (Phi) is 7.45. The highest BCUT2D eigenvalue weighted by molar-refractivity contribution is 9.10. The first-order valence-corrected chi connectivity index (χ1v) is 14.4. The van der Waals surface area contributed by atoms with E-state index in [-0.39, 0.29) is 5.56 Å². The van der Waals surface area contributed by atoms with Gasteiger partial charge in [0.25, 0.3) is 5.56 Å². The molecule has 5 rings (SSSR count). The van der Waals surface area contributed by atoms with Crippen LogP contribution in [0.25, 0.3) is 16.9 Å². The molecule has 3 aromatic carbocycles. The number of hydrogen-bond acceptors (Lipinski definition) is 5. The van der Waals surface area contributed by atoms with Crippen LogP contribution in [0.1, 0.15) is 11.3 Å². The van der Waals surface area contributed by atoms with Crippen LogP contribution in [0.2, 0.25) is 0 Å². The number of aromatic nitrogens is 3. The van der Waals surface area contributed by atoms with Gasteiger partial charge in [-0.2, -0.15) is 5.10 Å². The quantitative estimate of drug-likeness (QED) is 0.165. The molecule has 186 valence electrons. The van der Waals surface area contributed by atoms with Crippen molar-refractivity contribution in [1.29, 1.82) is 0 Å². The minimum atomic E-state index is -0.176. The molecule has 0 spiro atoms. The number of benzene rings is 3. The largest absolute Gasteiger partial charge is 0.297 e. The van der Waals surface area contributed by atoms with Gasteiger partial charge in [0, 0.05) is 27.4 Å². The maximum absolute atomic E-state index is 13.5. The van der Waals surface area contributed by atoms with E-state index < -0.39 is 0 Å². The predicted octanol–water partition coefficient (Wildman–Crippen LogP) is 6.61. The molecular formula is C28H24BrN5OS2. The van der Waals surface area contributed by atoms with E-state index >= 15 is 0 Å². The maximum Gasteiger partial charge on any atom is 0.297 e. The van der Waals surface area contributed by atoms with Gasteiger partial charge >= 0.3 is 0 Å². The zero-order valence-corrected chi connectivity index (χ0v) is 23.7. The molecule has 0 aliphatic carbocycles. The van der Waals surface area contributed by atoms with Crippen molar-refractivity contribution in [2.45, 2.75) is 11.8 Å². The first-order valence-electron chi connectivity index (χ1n) is 11.5. The van der Waals surface area contributed by atoms with Gasteiger partial charge in [-0.05, 0) is 49.1 Å². The Morgan fingerprint density at radius 3 is 2.38 bits per heavy atom. The lowest BCUT2D eigenvalue weighted by Gasteiger charge is -2.07. The lowest BCUT2D eigenvalue weighted by molar-refractivity contribution is 0.630. The molecule has 37 heavy (non-hydrogen) atoms. The van der Waals surface area contributed by atoms with Crippen molar-refractivity contribution in [3.8, 4) is 16.9 Å². The highest BCUT2D eigenvalue weighted by Crippen LogP contribution is 2.28. The molecule has 0 aliphatic rings. The van der Waals surface area contributed by atoms with E-state index in [1.165, 1.54) is 16.2 Å². The fourth-order valence-electron chi connectivity index (χ4n) is 3.94. The fourth-order valence-corrected chi connectivity index (χ4v) is 5.67. The Morgan fingerprint density at radius 2 is 1.68 bits per heavy atom. The van der Waals surface area contributed by atoms with Crippen LogP contribution in [0, 0.1) is 6.92 Å². The lowest BCUT2D eigenvalue weighted by atomic mass is 10.2. The number of thiazole rings is 1. The second kappa shape index (κ2) is 10.9. The van der Waals surface area contributed by atoms with Gasteiger partial charge < -0.3 is 0 Å². The van der Waals surface area contributed by atoms with Crippen LogP contribution >= 0.6 is 39.0 Å². The summed E-state index contributed by atoms with van der Waals surface area (Å²) >= 11 is 6.81. The average Bonchev–Trinajstić information content (AvgIpc) is 3.42. The van der Waals surface area contributed by atoms with Gasteiger partial charge in [-0.1, -0.05) is 64.5 Å². The lowest BCUT2D eigenvalue weighted by Crippen LogP contribution is -2.19. The molecule has 0 N–H and O–H groups in total. The number of rotatable bonds is 6. The van der Waals surface area contributed by atoms with E-state index in [9.17, 15) is 4.79 Å². The first-order chi connectivity index (χ1) is 18.0. The second-order valence-corrected chi connectivity index (χ2v) is 10.8. The van der Waals surface area contributed by atoms with Crippen molar-refractivity contribution >= 4 is 50.9 Å². The molecule has 0 atom stereocenters. The SMILES string of the molecule is CSc1ccc(C=Nn2c(-c3ccccc3Br)csc2=Nc2c(C)n(C)n(-c3ccccc3)c2=O)cc1. The number of hydrogen-bond donors (Lipinski definition) is 0. The van der Waals surface area contributed by atoms with Gasteiger partial charge in [-0.15, -0.1) is 23.1 Å². The third kappa shape index (κ3) is 5.07.